The topological polar surface area (TPSA) is 29.3 Å². The molecule has 1 aromatic carbocycles. The Labute approximate surface area is 113 Å². The highest BCUT2D eigenvalue weighted by molar-refractivity contribution is 7.99. The second kappa shape index (κ2) is 5.49. The molecule has 0 bridgehead atoms. The van der Waals surface area contributed by atoms with Crippen molar-refractivity contribution in [1.29, 1.82) is 0 Å². The van der Waals surface area contributed by atoms with E-state index in [4.69, 9.17) is 5.73 Å². The molecule has 100 valence electrons. The molecule has 0 spiro atoms. The predicted molar refractivity (Wildman–Crippen MR) is 77.9 cm³/mol. The fourth-order valence-corrected chi connectivity index (χ4v) is 3.39. The summed E-state index contributed by atoms with van der Waals surface area (Å²) in [4.78, 5) is 2.36. The van der Waals surface area contributed by atoms with E-state index >= 15 is 0 Å². The van der Waals surface area contributed by atoms with Gasteiger partial charge in [0.05, 0.1) is 0 Å². The first-order valence-corrected chi connectivity index (χ1v) is 7.56. The molecule has 0 aromatic heterocycles. The van der Waals surface area contributed by atoms with Gasteiger partial charge in [0, 0.05) is 35.8 Å². The molecule has 0 radical (unpaired) electrons. The van der Waals surface area contributed by atoms with Crippen LogP contribution in [0.1, 0.15) is 31.0 Å². The monoisotopic (exact) mass is 268 g/mol. The van der Waals surface area contributed by atoms with Crippen LogP contribution >= 0.6 is 11.8 Å². The lowest BCUT2D eigenvalue weighted by atomic mass is 10.0. The van der Waals surface area contributed by atoms with Crippen LogP contribution in [0.15, 0.2) is 12.1 Å². The number of aryl methyl sites for hydroxylation is 1. The van der Waals surface area contributed by atoms with Crippen molar-refractivity contribution in [2.24, 2.45) is 5.73 Å². The van der Waals surface area contributed by atoms with Crippen LogP contribution in [0.3, 0.4) is 0 Å². The summed E-state index contributed by atoms with van der Waals surface area (Å²) in [5, 5.41) is 0. The lowest BCUT2D eigenvalue weighted by Crippen LogP contribution is -2.41. The average Bonchev–Trinajstić information content (AvgIpc) is 2.32. The van der Waals surface area contributed by atoms with E-state index in [0.717, 1.165) is 29.3 Å². The Hall–Kier alpha value is -0.740. The lowest BCUT2D eigenvalue weighted by Gasteiger charge is -2.37. The SMILES string of the molecule is Cc1cc(N2CCSCC2C)c([C@H](C)N)cc1F. The van der Waals surface area contributed by atoms with Crippen LogP contribution in [0.25, 0.3) is 0 Å². The highest BCUT2D eigenvalue weighted by Gasteiger charge is 2.23. The summed E-state index contributed by atoms with van der Waals surface area (Å²) in [6.45, 7) is 6.95. The molecular weight excluding hydrogens is 247 g/mol. The molecule has 2 rings (SSSR count). The molecule has 18 heavy (non-hydrogen) atoms. The summed E-state index contributed by atoms with van der Waals surface area (Å²) >= 11 is 1.98. The molecule has 1 aliphatic rings. The van der Waals surface area contributed by atoms with Crippen molar-refractivity contribution >= 4 is 17.4 Å². The molecule has 2 N–H and O–H groups in total. The van der Waals surface area contributed by atoms with Gasteiger partial charge in [-0.2, -0.15) is 11.8 Å². The number of benzene rings is 1. The maximum absolute atomic E-state index is 13.7. The van der Waals surface area contributed by atoms with E-state index in [1.807, 2.05) is 31.7 Å². The van der Waals surface area contributed by atoms with Gasteiger partial charge >= 0.3 is 0 Å². The van der Waals surface area contributed by atoms with Crippen molar-refractivity contribution in [3.63, 3.8) is 0 Å². The van der Waals surface area contributed by atoms with E-state index in [-0.39, 0.29) is 11.9 Å². The first kappa shape index (κ1) is 13.7. The molecule has 4 heteroatoms. The Morgan fingerprint density at radius 3 is 2.83 bits per heavy atom. The molecule has 1 heterocycles. The fourth-order valence-electron chi connectivity index (χ4n) is 2.38. The maximum atomic E-state index is 13.7. The molecule has 0 amide bonds. The molecule has 1 aromatic rings. The van der Waals surface area contributed by atoms with Crippen LogP contribution in [0.5, 0.6) is 0 Å². The van der Waals surface area contributed by atoms with Crippen molar-refractivity contribution < 1.29 is 4.39 Å². The van der Waals surface area contributed by atoms with Crippen LogP contribution in [0.2, 0.25) is 0 Å². The van der Waals surface area contributed by atoms with Crippen LogP contribution in [-0.4, -0.2) is 24.1 Å². The zero-order valence-corrected chi connectivity index (χ0v) is 12.1. The minimum Gasteiger partial charge on any atom is -0.367 e. The van der Waals surface area contributed by atoms with E-state index in [1.165, 1.54) is 0 Å². The van der Waals surface area contributed by atoms with Gasteiger partial charge in [0.15, 0.2) is 0 Å². The molecule has 1 saturated heterocycles. The van der Waals surface area contributed by atoms with Crippen LogP contribution in [0, 0.1) is 12.7 Å². The van der Waals surface area contributed by atoms with Crippen molar-refractivity contribution in [2.45, 2.75) is 32.9 Å². The summed E-state index contributed by atoms with van der Waals surface area (Å²) in [5.74, 6) is 2.08. The van der Waals surface area contributed by atoms with Gasteiger partial charge < -0.3 is 10.6 Å². The van der Waals surface area contributed by atoms with Crippen molar-refractivity contribution in [2.75, 3.05) is 23.0 Å². The second-order valence-electron chi connectivity index (χ2n) is 5.07. The third-order valence-corrected chi connectivity index (χ3v) is 4.66. The van der Waals surface area contributed by atoms with Gasteiger partial charge in [-0.25, -0.2) is 4.39 Å². The molecule has 2 atom stereocenters. The molecule has 1 unspecified atom stereocenters. The first-order chi connectivity index (χ1) is 8.50. The van der Waals surface area contributed by atoms with Crippen LogP contribution in [0.4, 0.5) is 10.1 Å². The number of nitrogens with two attached hydrogens (primary N) is 1. The third-order valence-electron chi connectivity index (χ3n) is 3.48. The highest BCUT2D eigenvalue weighted by Crippen LogP contribution is 2.32. The van der Waals surface area contributed by atoms with Crippen LogP contribution < -0.4 is 10.6 Å². The fraction of sp³-hybridized carbons (Fsp3) is 0.571. The standard InChI is InChI=1S/C14H21FN2S/c1-9-6-14(12(11(3)16)7-13(9)15)17-4-5-18-8-10(17)2/h6-7,10-11H,4-5,8,16H2,1-3H3/t10?,11-/m0/s1. The Bertz CT molecular complexity index is 434. The van der Waals surface area contributed by atoms with Crippen molar-refractivity contribution in [1.82, 2.24) is 0 Å². The van der Waals surface area contributed by atoms with E-state index in [1.54, 1.807) is 6.07 Å². The van der Waals surface area contributed by atoms with E-state index in [0.29, 0.717) is 11.6 Å². The molecular formula is C14H21FN2S. The van der Waals surface area contributed by atoms with E-state index in [2.05, 4.69) is 11.8 Å². The molecule has 0 aliphatic carbocycles. The maximum Gasteiger partial charge on any atom is 0.126 e. The van der Waals surface area contributed by atoms with Gasteiger partial charge in [-0.15, -0.1) is 0 Å². The van der Waals surface area contributed by atoms with Gasteiger partial charge in [-0.3, -0.25) is 0 Å². The Morgan fingerprint density at radius 1 is 1.50 bits per heavy atom. The van der Waals surface area contributed by atoms with Gasteiger partial charge in [0.1, 0.15) is 5.82 Å². The largest absolute Gasteiger partial charge is 0.367 e. The smallest absolute Gasteiger partial charge is 0.126 e. The second-order valence-corrected chi connectivity index (χ2v) is 6.22. The minimum absolute atomic E-state index is 0.142. The third kappa shape index (κ3) is 2.64. The number of anilines is 1. The van der Waals surface area contributed by atoms with Gasteiger partial charge in [-0.1, -0.05) is 0 Å². The van der Waals surface area contributed by atoms with Crippen LogP contribution in [-0.2, 0) is 0 Å². The zero-order valence-electron chi connectivity index (χ0n) is 11.2. The summed E-state index contributed by atoms with van der Waals surface area (Å²) in [6, 6.07) is 3.88. The number of hydrogen-bond acceptors (Lipinski definition) is 3. The Balaban J connectivity index is 2.44. The zero-order chi connectivity index (χ0) is 13.3. The summed E-state index contributed by atoms with van der Waals surface area (Å²) in [5.41, 5.74) is 8.70. The van der Waals surface area contributed by atoms with E-state index < -0.39 is 0 Å². The number of nitrogens with zero attached hydrogens (tertiary/aromatic N) is 1. The number of rotatable bonds is 2. The molecule has 0 saturated carbocycles. The van der Waals surface area contributed by atoms with Gasteiger partial charge in [-0.05, 0) is 44.0 Å². The number of hydrogen-bond donors (Lipinski definition) is 1. The van der Waals surface area contributed by atoms with Gasteiger partial charge in [0.2, 0.25) is 0 Å². The minimum atomic E-state index is -0.162. The number of thioether (sulfide) groups is 1. The summed E-state index contributed by atoms with van der Waals surface area (Å²) < 4.78 is 13.7. The van der Waals surface area contributed by atoms with Crippen molar-refractivity contribution in [3.8, 4) is 0 Å². The number of halogens is 1. The van der Waals surface area contributed by atoms with E-state index in [9.17, 15) is 4.39 Å². The quantitative estimate of drug-likeness (QED) is 0.893. The Morgan fingerprint density at radius 2 is 2.22 bits per heavy atom. The van der Waals surface area contributed by atoms with Gasteiger partial charge in [0.25, 0.3) is 0 Å². The predicted octanol–water partition coefficient (Wildman–Crippen LogP) is 3.10. The lowest BCUT2D eigenvalue weighted by molar-refractivity contribution is 0.610. The average molecular weight is 268 g/mol. The molecule has 1 aliphatic heterocycles. The summed E-state index contributed by atoms with van der Waals surface area (Å²) in [7, 11) is 0. The molecule has 2 nitrogen and oxygen atoms in total. The van der Waals surface area contributed by atoms with Crippen molar-refractivity contribution in [3.05, 3.63) is 29.1 Å². The first-order valence-electron chi connectivity index (χ1n) is 6.40. The normalized spacial score (nSPS) is 22.1. The Kier molecular flexibility index (Phi) is 4.17. The highest BCUT2D eigenvalue weighted by atomic mass is 32.2. The summed E-state index contributed by atoms with van der Waals surface area (Å²) in [6.07, 6.45) is 0. The molecule has 1 fully saturated rings.